The van der Waals surface area contributed by atoms with Crippen LogP contribution in [-0.4, -0.2) is 15.6 Å². The minimum Gasteiger partial charge on any atom is -0.478 e. The van der Waals surface area contributed by atoms with E-state index in [2.05, 4.69) is 72.3 Å². The van der Waals surface area contributed by atoms with Crippen LogP contribution in [0.1, 0.15) is 50.3 Å². The van der Waals surface area contributed by atoms with Gasteiger partial charge in [0.2, 0.25) is 0 Å². The van der Waals surface area contributed by atoms with Crippen molar-refractivity contribution in [1.29, 1.82) is 0 Å². The number of carboxylic acid groups (broad SMARTS) is 1. The van der Waals surface area contributed by atoms with Gasteiger partial charge in [-0.3, -0.25) is 0 Å². The van der Waals surface area contributed by atoms with Crippen molar-refractivity contribution < 1.29 is 9.90 Å². The highest BCUT2D eigenvalue weighted by Gasteiger charge is 2.15. The molecule has 1 N–H and O–H groups in total. The molecule has 1 heterocycles. The van der Waals surface area contributed by atoms with Gasteiger partial charge in [0.05, 0.1) is 6.04 Å². The standard InChI is InChI=1S/C24H27NO2/c1-3-4-10-22(20-8-6-5-7-9-20)25-14-13-21-17-19(11-12-23(21)25)15-18(2)16-24(26)27/h5-9,11-14,16-17,22H,3-4,10,15H2,1-2H3,(H,26,27). The minimum absolute atomic E-state index is 0.336. The van der Waals surface area contributed by atoms with E-state index in [1.807, 2.05) is 6.92 Å². The van der Waals surface area contributed by atoms with Gasteiger partial charge in [-0.1, -0.05) is 61.7 Å². The number of aromatic nitrogens is 1. The fourth-order valence-electron chi connectivity index (χ4n) is 3.72. The molecule has 1 aromatic heterocycles. The van der Waals surface area contributed by atoms with Gasteiger partial charge in [-0.05, 0) is 54.5 Å². The van der Waals surface area contributed by atoms with Crippen LogP contribution in [0.25, 0.3) is 10.9 Å². The van der Waals surface area contributed by atoms with Crippen LogP contribution in [0.5, 0.6) is 0 Å². The van der Waals surface area contributed by atoms with E-state index < -0.39 is 5.97 Å². The van der Waals surface area contributed by atoms with Gasteiger partial charge in [0.1, 0.15) is 0 Å². The van der Waals surface area contributed by atoms with Crippen LogP contribution in [0.15, 0.2) is 72.4 Å². The maximum Gasteiger partial charge on any atom is 0.328 e. The summed E-state index contributed by atoms with van der Waals surface area (Å²) in [6.07, 6.45) is 7.61. The quantitative estimate of drug-likeness (QED) is 0.500. The lowest BCUT2D eigenvalue weighted by Crippen LogP contribution is -2.09. The number of allylic oxidation sites excluding steroid dienone is 1. The summed E-state index contributed by atoms with van der Waals surface area (Å²) in [5, 5.41) is 10.1. The number of fused-ring (bicyclic) bond motifs is 1. The summed E-state index contributed by atoms with van der Waals surface area (Å²) < 4.78 is 2.38. The Hall–Kier alpha value is -2.81. The van der Waals surface area contributed by atoms with E-state index in [1.165, 1.54) is 35.4 Å². The first-order valence-corrected chi connectivity index (χ1v) is 9.63. The molecule has 3 aromatic rings. The van der Waals surface area contributed by atoms with Crippen molar-refractivity contribution >= 4 is 16.9 Å². The molecule has 2 aromatic carbocycles. The average molecular weight is 361 g/mol. The van der Waals surface area contributed by atoms with E-state index in [0.717, 1.165) is 17.6 Å². The van der Waals surface area contributed by atoms with Crippen molar-refractivity contribution in [3.05, 3.63) is 83.6 Å². The highest BCUT2D eigenvalue weighted by molar-refractivity contribution is 5.82. The maximum absolute atomic E-state index is 10.8. The highest BCUT2D eigenvalue weighted by Crippen LogP contribution is 2.30. The normalized spacial score (nSPS) is 13.0. The maximum atomic E-state index is 10.8. The number of rotatable bonds is 8. The summed E-state index contributed by atoms with van der Waals surface area (Å²) >= 11 is 0. The summed E-state index contributed by atoms with van der Waals surface area (Å²) in [6, 6.07) is 19.6. The van der Waals surface area contributed by atoms with Gasteiger partial charge in [0, 0.05) is 17.8 Å². The first-order chi connectivity index (χ1) is 13.1. The molecule has 0 spiro atoms. The highest BCUT2D eigenvalue weighted by atomic mass is 16.4. The smallest absolute Gasteiger partial charge is 0.328 e. The second-order valence-corrected chi connectivity index (χ2v) is 7.19. The molecule has 3 rings (SSSR count). The predicted octanol–water partition coefficient (Wildman–Crippen LogP) is 5.99. The molecule has 3 heteroatoms. The van der Waals surface area contributed by atoms with E-state index in [-0.39, 0.29) is 0 Å². The number of nitrogens with zero attached hydrogens (tertiary/aromatic N) is 1. The summed E-state index contributed by atoms with van der Waals surface area (Å²) in [5.41, 5.74) is 4.56. The topological polar surface area (TPSA) is 42.2 Å². The third-order valence-electron chi connectivity index (χ3n) is 4.99. The largest absolute Gasteiger partial charge is 0.478 e. The lowest BCUT2D eigenvalue weighted by atomic mass is 10.0. The van der Waals surface area contributed by atoms with Crippen LogP contribution in [-0.2, 0) is 11.2 Å². The number of hydrogen-bond donors (Lipinski definition) is 1. The lowest BCUT2D eigenvalue weighted by molar-refractivity contribution is -0.131. The van der Waals surface area contributed by atoms with Crippen molar-refractivity contribution in [2.45, 2.75) is 45.6 Å². The van der Waals surface area contributed by atoms with E-state index in [1.54, 1.807) is 0 Å². The van der Waals surface area contributed by atoms with Gasteiger partial charge < -0.3 is 9.67 Å². The predicted molar refractivity (Wildman–Crippen MR) is 111 cm³/mol. The molecule has 0 saturated carbocycles. The molecule has 0 amide bonds. The van der Waals surface area contributed by atoms with Gasteiger partial charge >= 0.3 is 5.97 Å². The molecular formula is C24H27NO2. The van der Waals surface area contributed by atoms with Crippen LogP contribution in [0, 0.1) is 0 Å². The Balaban J connectivity index is 1.93. The molecule has 1 atom stereocenters. The Morgan fingerprint density at radius 2 is 1.93 bits per heavy atom. The number of carboxylic acids is 1. The SMILES string of the molecule is CCCCC(c1ccccc1)n1ccc2cc(CC(C)=CC(=O)O)ccc21. The summed E-state index contributed by atoms with van der Waals surface area (Å²) in [5.74, 6) is -0.888. The molecule has 0 fully saturated rings. The Bertz CT molecular complexity index is 937. The van der Waals surface area contributed by atoms with Crippen molar-refractivity contribution in [3.8, 4) is 0 Å². The first kappa shape index (κ1) is 19.0. The number of aliphatic carboxylic acids is 1. The zero-order valence-electron chi connectivity index (χ0n) is 16.1. The summed E-state index contributed by atoms with van der Waals surface area (Å²) in [7, 11) is 0. The van der Waals surface area contributed by atoms with E-state index in [4.69, 9.17) is 5.11 Å². The van der Waals surface area contributed by atoms with Gasteiger partial charge in [-0.25, -0.2) is 4.79 Å². The van der Waals surface area contributed by atoms with Crippen LogP contribution >= 0.6 is 0 Å². The Morgan fingerprint density at radius 1 is 1.15 bits per heavy atom. The van der Waals surface area contributed by atoms with Crippen molar-refractivity contribution in [2.24, 2.45) is 0 Å². The molecule has 0 aliphatic rings. The third kappa shape index (κ3) is 4.68. The number of carbonyl (C=O) groups is 1. The molecule has 140 valence electrons. The van der Waals surface area contributed by atoms with Gasteiger partial charge in [0.25, 0.3) is 0 Å². The second kappa shape index (κ2) is 8.72. The van der Waals surface area contributed by atoms with Gasteiger partial charge in [0.15, 0.2) is 0 Å². The van der Waals surface area contributed by atoms with E-state index in [9.17, 15) is 4.79 Å². The average Bonchev–Trinajstić information content (AvgIpc) is 3.05. The van der Waals surface area contributed by atoms with Crippen LogP contribution < -0.4 is 0 Å². The number of hydrogen-bond acceptors (Lipinski definition) is 1. The molecule has 0 saturated heterocycles. The van der Waals surface area contributed by atoms with Crippen LogP contribution in [0.2, 0.25) is 0 Å². The fraction of sp³-hybridized carbons (Fsp3) is 0.292. The monoisotopic (exact) mass is 361 g/mol. The molecule has 3 nitrogen and oxygen atoms in total. The molecule has 0 aliphatic carbocycles. The van der Waals surface area contributed by atoms with E-state index in [0.29, 0.717) is 12.5 Å². The zero-order valence-corrected chi connectivity index (χ0v) is 16.1. The summed E-state index contributed by atoms with van der Waals surface area (Å²) in [6.45, 7) is 4.09. The Morgan fingerprint density at radius 3 is 2.63 bits per heavy atom. The van der Waals surface area contributed by atoms with Gasteiger partial charge in [-0.15, -0.1) is 0 Å². The van der Waals surface area contributed by atoms with Crippen molar-refractivity contribution in [3.63, 3.8) is 0 Å². The third-order valence-corrected chi connectivity index (χ3v) is 4.99. The Kier molecular flexibility index (Phi) is 6.12. The van der Waals surface area contributed by atoms with Crippen LogP contribution in [0.4, 0.5) is 0 Å². The number of benzene rings is 2. The molecule has 27 heavy (non-hydrogen) atoms. The van der Waals surface area contributed by atoms with E-state index >= 15 is 0 Å². The van der Waals surface area contributed by atoms with Crippen LogP contribution in [0.3, 0.4) is 0 Å². The molecule has 0 aliphatic heterocycles. The zero-order chi connectivity index (χ0) is 19.2. The molecular weight excluding hydrogens is 334 g/mol. The van der Waals surface area contributed by atoms with Gasteiger partial charge in [-0.2, -0.15) is 0 Å². The van der Waals surface area contributed by atoms with Crippen molar-refractivity contribution in [1.82, 2.24) is 4.57 Å². The molecule has 0 bridgehead atoms. The van der Waals surface area contributed by atoms with Crippen molar-refractivity contribution in [2.75, 3.05) is 0 Å². The molecule has 1 unspecified atom stereocenters. The summed E-state index contributed by atoms with van der Waals surface area (Å²) in [4.78, 5) is 10.8. The minimum atomic E-state index is -0.888. The molecule has 0 radical (unpaired) electrons. The lowest BCUT2D eigenvalue weighted by Gasteiger charge is -2.21. The first-order valence-electron chi connectivity index (χ1n) is 9.63. The second-order valence-electron chi connectivity index (χ2n) is 7.19. The fourth-order valence-corrected chi connectivity index (χ4v) is 3.72. The number of unbranched alkanes of at least 4 members (excludes halogenated alkanes) is 1. The Labute approximate surface area is 161 Å².